The number of hydrogen-bond donors (Lipinski definition) is 0. The van der Waals surface area contributed by atoms with Crippen LogP contribution in [0.15, 0.2) is 54.6 Å². The summed E-state index contributed by atoms with van der Waals surface area (Å²) in [4.78, 5) is 2.53. The Hall–Kier alpha value is -1.74. The number of halogens is 2. The molecule has 29 heavy (non-hydrogen) atoms. The van der Waals surface area contributed by atoms with Gasteiger partial charge in [0.15, 0.2) is 0 Å². The van der Waals surface area contributed by atoms with Gasteiger partial charge in [-0.1, -0.05) is 54.6 Å². The molecule has 2 aromatic rings. The first-order valence-corrected chi connectivity index (χ1v) is 11.1. The van der Waals surface area contributed by atoms with Crippen LogP contribution in [-0.2, 0) is 13.0 Å². The summed E-state index contributed by atoms with van der Waals surface area (Å²) in [6, 6.07) is 19.6. The smallest absolute Gasteiger partial charge is 0.110 e. The first kappa shape index (κ1) is 22.0. The SMILES string of the molecule is CC(C)N(Cc1ccccc1)C(C)CCc1ccc(C2C(F)CCCC2F)cc1. The molecule has 1 aliphatic rings. The lowest BCUT2D eigenvalue weighted by atomic mass is 9.81. The standard InChI is InChI=1S/C26H35F2N/c1-19(2)29(18-22-8-5-4-6-9-22)20(3)12-13-21-14-16-23(17-15-21)26-24(27)10-7-11-25(26)28/h4-6,8-9,14-17,19-20,24-26H,7,10-13,18H2,1-3H3. The lowest BCUT2D eigenvalue weighted by Gasteiger charge is -2.33. The summed E-state index contributed by atoms with van der Waals surface area (Å²) in [6.07, 6.45) is 1.55. The summed E-state index contributed by atoms with van der Waals surface area (Å²) in [5.41, 5.74) is 3.39. The molecule has 0 amide bonds. The van der Waals surface area contributed by atoms with Gasteiger partial charge in [0.1, 0.15) is 12.3 Å². The van der Waals surface area contributed by atoms with Gasteiger partial charge in [0.05, 0.1) is 0 Å². The van der Waals surface area contributed by atoms with Crippen molar-refractivity contribution in [1.82, 2.24) is 4.90 Å². The van der Waals surface area contributed by atoms with Crippen molar-refractivity contribution in [2.45, 2.75) is 89.8 Å². The van der Waals surface area contributed by atoms with E-state index in [1.807, 2.05) is 12.1 Å². The van der Waals surface area contributed by atoms with Gasteiger partial charge in [0, 0.05) is 24.5 Å². The monoisotopic (exact) mass is 399 g/mol. The van der Waals surface area contributed by atoms with Crippen LogP contribution < -0.4 is 0 Å². The van der Waals surface area contributed by atoms with Crippen molar-refractivity contribution in [2.75, 3.05) is 0 Å². The van der Waals surface area contributed by atoms with E-state index in [4.69, 9.17) is 0 Å². The topological polar surface area (TPSA) is 3.24 Å². The van der Waals surface area contributed by atoms with Crippen molar-refractivity contribution < 1.29 is 8.78 Å². The zero-order chi connectivity index (χ0) is 20.8. The molecule has 1 nitrogen and oxygen atoms in total. The highest BCUT2D eigenvalue weighted by molar-refractivity contribution is 5.28. The van der Waals surface area contributed by atoms with Crippen molar-refractivity contribution in [3.05, 3.63) is 71.3 Å². The highest BCUT2D eigenvalue weighted by atomic mass is 19.1. The molecule has 1 fully saturated rings. The Kier molecular flexibility index (Phi) is 7.83. The van der Waals surface area contributed by atoms with Crippen molar-refractivity contribution >= 4 is 0 Å². The number of alkyl halides is 2. The van der Waals surface area contributed by atoms with Crippen LogP contribution in [0.3, 0.4) is 0 Å². The fraction of sp³-hybridized carbons (Fsp3) is 0.538. The Morgan fingerprint density at radius 2 is 1.48 bits per heavy atom. The summed E-state index contributed by atoms with van der Waals surface area (Å²) in [5, 5.41) is 0. The molecule has 0 aliphatic heterocycles. The van der Waals surface area contributed by atoms with Crippen molar-refractivity contribution in [2.24, 2.45) is 0 Å². The second-order valence-corrected chi connectivity index (χ2v) is 8.87. The normalized spacial score (nSPS) is 23.5. The van der Waals surface area contributed by atoms with E-state index in [2.05, 4.69) is 68.1 Å². The van der Waals surface area contributed by atoms with Crippen LogP contribution in [0.1, 0.15) is 69.1 Å². The van der Waals surface area contributed by atoms with E-state index in [9.17, 15) is 8.78 Å². The Bertz CT molecular complexity index is 718. The van der Waals surface area contributed by atoms with E-state index >= 15 is 0 Å². The molecule has 158 valence electrons. The predicted molar refractivity (Wildman–Crippen MR) is 118 cm³/mol. The Morgan fingerprint density at radius 1 is 0.862 bits per heavy atom. The second kappa shape index (κ2) is 10.3. The summed E-state index contributed by atoms with van der Waals surface area (Å²) >= 11 is 0. The highest BCUT2D eigenvalue weighted by Crippen LogP contribution is 2.37. The molecule has 3 rings (SSSR count). The molecule has 3 heteroatoms. The molecule has 0 radical (unpaired) electrons. The third-order valence-corrected chi connectivity index (χ3v) is 6.39. The zero-order valence-corrected chi connectivity index (χ0v) is 18.0. The maximum atomic E-state index is 14.2. The molecule has 0 N–H and O–H groups in total. The summed E-state index contributed by atoms with van der Waals surface area (Å²) in [5.74, 6) is -0.584. The van der Waals surface area contributed by atoms with Gasteiger partial charge in [0.2, 0.25) is 0 Å². The van der Waals surface area contributed by atoms with E-state index in [0.717, 1.165) is 24.9 Å². The average molecular weight is 400 g/mol. The molecule has 0 heterocycles. The second-order valence-electron chi connectivity index (χ2n) is 8.87. The van der Waals surface area contributed by atoms with Gasteiger partial charge in [-0.2, -0.15) is 0 Å². The van der Waals surface area contributed by atoms with Crippen LogP contribution >= 0.6 is 0 Å². The summed E-state index contributed by atoms with van der Waals surface area (Å²) in [6.45, 7) is 7.75. The molecule has 2 aromatic carbocycles. The van der Waals surface area contributed by atoms with Gasteiger partial charge >= 0.3 is 0 Å². The Labute approximate surface area is 175 Å². The maximum Gasteiger partial charge on any atom is 0.110 e. The van der Waals surface area contributed by atoms with E-state index in [1.54, 1.807) is 0 Å². The summed E-state index contributed by atoms with van der Waals surface area (Å²) < 4.78 is 28.5. The summed E-state index contributed by atoms with van der Waals surface area (Å²) in [7, 11) is 0. The Morgan fingerprint density at radius 3 is 2.07 bits per heavy atom. The van der Waals surface area contributed by atoms with E-state index < -0.39 is 18.3 Å². The maximum absolute atomic E-state index is 14.2. The van der Waals surface area contributed by atoms with Gasteiger partial charge in [-0.25, -0.2) is 8.78 Å². The zero-order valence-electron chi connectivity index (χ0n) is 18.0. The van der Waals surface area contributed by atoms with Gasteiger partial charge in [-0.15, -0.1) is 0 Å². The minimum Gasteiger partial charge on any atom is -0.294 e. The van der Waals surface area contributed by atoms with Gasteiger partial charge in [0.25, 0.3) is 0 Å². The van der Waals surface area contributed by atoms with Crippen LogP contribution in [0.4, 0.5) is 8.78 Å². The molecule has 3 unspecified atom stereocenters. The van der Waals surface area contributed by atoms with Crippen LogP contribution in [-0.4, -0.2) is 29.3 Å². The third-order valence-electron chi connectivity index (χ3n) is 6.39. The van der Waals surface area contributed by atoms with Crippen molar-refractivity contribution in [1.29, 1.82) is 0 Å². The molecule has 0 spiro atoms. The van der Waals surface area contributed by atoms with Crippen LogP contribution in [0.5, 0.6) is 0 Å². The molecule has 0 aromatic heterocycles. The number of aryl methyl sites for hydroxylation is 1. The van der Waals surface area contributed by atoms with E-state index in [-0.39, 0.29) is 0 Å². The highest BCUT2D eigenvalue weighted by Gasteiger charge is 2.34. The van der Waals surface area contributed by atoms with E-state index in [0.29, 0.717) is 31.3 Å². The first-order chi connectivity index (χ1) is 14.0. The number of hydrogen-bond acceptors (Lipinski definition) is 1. The average Bonchev–Trinajstić information content (AvgIpc) is 2.71. The molecule has 3 atom stereocenters. The molecule has 1 saturated carbocycles. The lowest BCUT2D eigenvalue weighted by Crippen LogP contribution is -2.38. The van der Waals surface area contributed by atoms with Crippen LogP contribution in [0.2, 0.25) is 0 Å². The minimum absolute atomic E-state index is 0.457. The van der Waals surface area contributed by atoms with Gasteiger partial charge < -0.3 is 0 Å². The van der Waals surface area contributed by atoms with E-state index in [1.165, 1.54) is 11.1 Å². The van der Waals surface area contributed by atoms with Crippen LogP contribution in [0.25, 0.3) is 0 Å². The first-order valence-electron chi connectivity index (χ1n) is 11.1. The quantitative estimate of drug-likeness (QED) is 0.468. The van der Waals surface area contributed by atoms with Gasteiger partial charge in [-0.3, -0.25) is 4.90 Å². The molecule has 0 saturated heterocycles. The largest absolute Gasteiger partial charge is 0.294 e. The molecular weight excluding hydrogens is 364 g/mol. The minimum atomic E-state index is -1.05. The fourth-order valence-electron chi connectivity index (χ4n) is 4.60. The van der Waals surface area contributed by atoms with Crippen LogP contribution in [0, 0.1) is 0 Å². The Balaban J connectivity index is 1.58. The number of rotatable bonds is 8. The van der Waals surface area contributed by atoms with Gasteiger partial charge in [-0.05, 0) is 69.6 Å². The number of benzene rings is 2. The molecular formula is C26H35F2N. The number of nitrogens with zero attached hydrogens (tertiary/aromatic N) is 1. The molecule has 0 bridgehead atoms. The van der Waals surface area contributed by atoms with Crippen molar-refractivity contribution in [3.8, 4) is 0 Å². The fourth-order valence-corrected chi connectivity index (χ4v) is 4.60. The predicted octanol–water partition coefficient (Wildman–Crippen LogP) is 6.86. The molecule has 1 aliphatic carbocycles. The third kappa shape index (κ3) is 5.88. The lowest BCUT2D eigenvalue weighted by molar-refractivity contribution is 0.124. The van der Waals surface area contributed by atoms with Crippen molar-refractivity contribution in [3.63, 3.8) is 0 Å².